The number of thiophene rings is 4. The largest absolute Gasteiger partial charge is 0.139 e. The van der Waals surface area contributed by atoms with Crippen LogP contribution in [0.1, 0.15) is 122 Å². The Kier molecular flexibility index (Phi) is 5.06. The fraction of sp³-hybridized carbons (Fsp3) is 0.467. The van der Waals surface area contributed by atoms with Gasteiger partial charge in [-0.1, -0.05) is 62.3 Å². The van der Waals surface area contributed by atoms with E-state index < -0.39 is 0 Å². The van der Waals surface area contributed by atoms with Crippen LogP contribution in [0.3, 0.4) is 0 Å². The Bertz CT molecular complexity index is 1370. The summed E-state index contributed by atoms with van der Waals surface area (Å²) in [4.78, 5) is 12.2. The maximum atomic E-state index is 2.58. The summed E-state index contributed by atoms with van der Waals surface area (Å²) >= 11 is 8.20. The molecular weight excluding hydrogens is 489 g/mol. The molecule has 4 heterocycles. The van der Waals surface area contributed by atoms with Gasteiger partial charge in [0.1, 0.15) is 0 Å². The van der Waals surface area contributed by atoms with Crippen LogP contribution in [0.25, 0.3) is 19.5 Å². The van der Waals surface area contributed by atoms with E-state index in [9.17, 15) is 0 Å². The van der Waals surface area contributed by atoms with Gasteiger partial charge in [-0.3, -0.25) is 0 Å². The maximum Gasteiger partial charge on any atom is 0.0759 e. The summed E-state index contributed by atoms with van der Waals surface area (Å²) in [6, 6.07) is 10.3. The average Bonchev–Trinajstić information content (AvgIpc) is 3.50. The van der Waals surface area contributed by atoms with Gasteiger partial charge in [0.05, 0.1) is 5.41 Å². The highest BCUT2D eigenvalue weighted by Gasteiger charge is 2.56. The van der Waals surface area contributed by atoms with E-state index in [4.69, 9.17) is 0 Å². The van der Waals surface area contributed by atoms with Crippen molar-refractivity contribution in [2.45, 2.75) is 90.9 Å². The normalized spacial score (nSPS) is 15.6. The van der Waals surface area contributed by atoms with Crippen molar-refractivity contribution in [1.29, 1.82) is 0 Å². The van der Waals surface area contributed by atoms with Gasteiger partial charge in [0.25, 0.3) is 0 Å². The van der Waals surface area contributed by atoms with Crippen molar-refractivity contribution in [3.63, 3.8) is 0 Å². The minimum absolute atomic E-state index is 0.133. The first-order valence-corrected chi connectivity index (χ1v) is 15.8. The minimum Gasteiger partial charge on any atom is -0.139 e. The number of hydrogen-bond acceptors (Lipinski definition) is 4. The molecule has 4 aromatic rings. The van der Waals surface area contributed by atoms with Crippen LogP contribution in [0.4, 0.5) is 0 Å². The predicted molar refractivity (Wildman–Crippen MR) is 155 cm³/mol. The SMILES string of the molecule is CC(C)c1cc2c(s1)-c1sc(C(C)C)cc1C21c2cc(C(C)C)sc2-c2sc(C(C)(C)C)cc21. The molecule has 0 fully saturated rings. The fourth-order valence-electron chi connectivity index (χ4n) is 5.50. The van der Waals surface area contributed by atoms with Crippen LogP contribution in [0, 0.1) is 0 Å². The average molecular weight is 523 g/mol. The lowest BCUT2D eigenvalue weighted by atomic mass is 9.71. The molecule has 34 heavy (non-hydrogen) atoms. The van der Waals surface area contributed by atoms with E-state index in [0.717, 1.165) is 0 Å². The predicted octanol–water partition coefficient (Wildman–Crippen LogP) is 10.9. The van der Waals surface area contributed by atoms with Crippen LogP contribution in [0.5, 0.6) is 0 Å². The third-order valence-corrected chi connectivity index (χ3v) is 13.7. The summed E-state index contributed by atoms with van der Waals surface area (Å²) in [5, 5.41) is 0. The lowest BCUT2D eigenvalue weighted by molar-refractivity contribution is 0.602. The third kappa shape index (κ3) is 2.92. The van der Waals surface area contributed by atoms with Gasteiger partial charge in [0, 0.05) is 39.0 Å². The van der Waals surface area contributed by atoms with Gasteiger partial charge in [-0.25, -0.2) is 0 Å². The summed E-state index contributed by atoms with van der Waals surface area (Å²) in [5.74, 6) is 1.67. The van der Waals surface area contributed by atoms with Gasteiger partial charge in [-0.05, 0) is 69.7 Å². The zero-order valence-electron chi connectivity index (χ0n) is 21.7. The molecule has 0 aromatic carbocycles. The number of hydrogen-bond donors (Lipinski definition) is 0. The molecule has 0 saturated carbocycles. The summed E-state index contributed by atoms with van der Waals surface area (Å²) in [6.07, 6.45) is 0. The van der Waals surface area contributed by atoms with Crippen molar-refractivity contribution in [3.8, 4) is 19.5 Å². The van der Waals surface area contributed by atoms with Gasteiger partial charge in [-0.2, -0.15) is 0 Å². The molecule has 0 atom stereocenters. The van der Waals surface area contributed by atoms with Crippen LogP contribution in [-0.2, 0) is 10.8 Å². The Labute approximate surface area is 220 Å². The topological polar surface area (TPSA) is 0 Å². The van der Waals surface area contributed by atoms with Gasteiger partial charge < -0.3 is 0 Å². The van der Waals surface area contributed by atoms with Gasteiger partial charge in [-0.15, -0.1) is 45.3 Å². The summed E-state index contributed by atoms with van der Waals surface area (Å²) in [7, 11) is 0. The second-order valence-corrected chi connectivity index (χ2v) is 16.3. The van der Waals surface area contributed by atoms with E-state index in [1.165, 1.54) is 39.0 Å². The van der Waals surface area contributed by atoms with Crippen molar-refractivity contribution < 1.29 is 0 Å². The fourth-order valence-corrected chi connectivity index (χ4v) is 10.7. The molecule has 6 rings (SSSR count). The zero-order chi connectivity index (χ0) is 24.3. The van der Waals surface area contributed by atoms with Crippen LogP contribution in [0.15, 0.2) is 24.3 Å². The second kappa shape index (κ2) is 7.41. The van der Waals surface area contributed by atoms with E-state index in [-0.39, 0.29) is 10.8 Å². The zero-order valence-corrected chi connectivity index (χ0v) is 24.9. The number of fused-ring (bicyclic) bond motifs is 10. The Morgan fingerprint density at radius 3 is 1.18 bits per heavy atom. The number of rotatable bonds is 3. The van der Waals surface area contributed by atoms with Crippen molar-refractivity contribution >= 4 is 45.3 Å². The molecule has 0 saturated heterocycles. The lowest BCUT2D eigenvalue weighted by Gasteiger charge is -2.28. The molecule has 2 aliphatic carbocycles. The first-order valence-electron chi connectivity index (χ1n) is 12.5. The second-order valence-electron chi connectivity index (χ2n) is 12.0. The van der Waals surface area contributed by atoms with E-state index >= 15 is 0 Å². The molecule has 0 aliphatic heterocycles. The van der Waals surface area contributed by atoms with Crippen molar-refractivity contribution in [3.05, 3.63) is 66.0 Å². The molecule has 0 nitrogen and oxygen atoms in total. The highest BCUT2D eigenvalue weighted by molar-refractivity contribution is 7.24. The Morgan fingerprint density at radius 2 is 0.853 bits per heavy atom. The third-order valence-electron chi connectivity index (χ3n) is 7.46. The molecule has 0 N–H and O–H groups in total. The molecular formula is C30H34S4. The molecule has 4 heteroatoms. The Balaban J connectivity index is 1.75. The first kappa shape index (κ1) is 23.2. The van der Waals surface area contributed by atoms with Crippen molar-refractivity contribution in [2.75, 3.05) is 0 Å². The van der Waals surface area contributed by atoms with Crippen LogP contribution in [-0.4, -0.2) is 0 Å². The van der Waals surface area contributed by atoms with E-state index in [2.05, 4.69) is 132 Å². The Hall–Kier alpha value is -1.20. The van der Waals surface area contributed by atoms with E-state index in [0.29, 0.717) is 17.8 Å². The molecule has 178 valence electrons. The summed E-state index contributed by atoms with van der Waals surface area (Å²) in [5.41, 5.74) is 6.26. The summed E-state index contributed by atoms with van der Waals surface area (Å²) < 4.78 is 0. The standard InChI is InChI=1S/C30H34S4/c1-14(2)21-10-17-25(31-21)26-18(11-22(32-26)15(3)4)30(17)19-12-23(16(5)6)33-27(19)28-20(30)13-24(34-28)29(7,8)9/h10-16H,1-9H3. The Morgan fingerprint density at radius 1 is 0.529 bits per heavy atom. The monoisotopic (exact) mass is 522 g/mol. The van der Waals surface area contributed by atoms with Gasteiger partial charge >= 0.3 is 0 Å². The molecule has 0 radical (unpaired) electrons. The van der Waals surface area contributed by atoms with Crippen molar-refractivity contribution in [2.24, 2.45) is 0 Å². The molecule has 2 aliphatic rings. The van der Waals surface area contributed by atoms with Crippen LogP contribution < -0.4 is 0 Å². The first-order chi connectivity index (χ1) is 15.9. The van der Waals surface area contributed by atoms with Gasteiger partial charge in [0.2, 0.25) is 0 Å². The molecule has 4 aromatic heterocycles. The summed E-state index contributed by atoms with van der Waals surface area (Å²) in [6.45, 7) is 21.2. The molecule has 0 amide bonds. The van der Waals surface area contributed by atoms with Crippen molar-refractivity contribution in [1.82, 2.24) is 0 Å². The van der Waals surface area contributed by atoms with Gasteiger partial charge in [0.15, 0.2) is 0 Å². The smallest absolute Gasteiger partial charge is 0.0759 e. The molecule has 0 bridgehead atoms. The van der Waals surface area contributed by atoms with E-state index in [1.807, 2.05) is 0 Å². The van der Waals surface area contributed by atoms with Crippen LogP contribution >= 0.6 is 45.3 Å². The molecule has 0 unspecified atom stereocenters. The maximum absolute atomic E-state index is 2.58. The minimum atomic E-state index is -0.133. The molecule has 1 spiro atoms. The highest BCUT2D eigenvalue weighted by Crippen LogP contribution is 2.69. The van der Waals surface area contributed by atoms with Crippen LogP contribution in [0.2, 0.25) is 0 Å². The highest BCUT2D eigenvalue weighted by atomic mass is 32.1. The quantitative estimate of drug-likeness (QED) is 0.217. The van der Waals surface area contributed by atoms with E-state index in [1.54, 1.807) is 22.3 Å². The lowest BCUT2D eigenvalue weighted by Crippen LogP contribution is -2.25.